The van der Waals surface area contributed by atoms with Crippen LogP contribution in [0, 0.1) is 41.5 Å². The summed E-state index contributed by atoms with van der Waals surface area (Å²) in [4.78, 5) is 0. The quantitative estimate of drug-likeness (QED) is 0.0803. The van der Waals surface area contributed by atoms with E-state index in [0.717, 1.165) is 0 Å². The van der Waals surface area contributed by atoms with Crippen LogP contribution < -0.4 is 0 Å². The average Bonchev–Trinajstić information content (AvgIpc) is 0.805. The molecule has 0 heteroatoms. The molecule has 23 rings (SSSR count). The maximum Gasteiger partial charge on any atom is -0.0103 e. The first-order valence-corrected chi connectivity index (χ1v) is 49.8. The Hall–Kier alpha value is -17.9. The third-order valence-corrected chi connectivity index (χ3v) is 26.8. The summed E-state index contributed by atoms with van der Waals surface area (Å²) in [5, 5.41) is 0. The van der Waals surface area contributed by atoms with E-state index in [4.69, 9.17) is 0 Å². The molecular formula is C144H114. The van der Waals surface area contributed by atoms with Gasteiger partial charge < -0.3 is 0 Å². The van der Waals surface area contributed by atoms with Crippen LogP contribution >= 0.6 is 0 Å². The van der Waals surface area contributed by atoms with Crippen LogP contribution in [0.3, 0.4) is 0 Å². The van der Waals surface area contributed by atoms with Gasteiger partial charge in [-0.1, -0.05) is 591 Å². The van der Waals surface area contributed by atoms with Crippen LogP contribution in [0.5, 0.6) is 0 Å². The predicted octanol–water partition coefficient (Wildman–Crippen LogP) is 40.3. The molecule has 0 nitrogen and oxygen atoms in total. The molecule has 23 aromatic carbocycles. The van der Waals surface area contributed by atoms with Crippen molar-refractivity contribution in [3.63, 3.8) is 0 Å². The smallest absolute Gasteiger partial charge is 0.0103 e. The van der Waals surface area contributed by atoms with Gasteiger partial charge in [-0.25, -0.2) is 0 Å². The number of hydrogen-bond acceptors (Lipinski definition) is 0. The van der Waals surface area contributed by atoms with Gasteiger partial charge in [-0.3, -0.25) is 0 Å². The minimum absolute atomic E-state index is 1.23. The summed E-state index contributed by atoms with van der Waals surface area (Å²) in [5.41, 5.74) is 52.7. The van der Waals surface area contributed by atoms with Crippen LogP contribution in [0.2, 0.25) is 0 Å². The first kappa shape index (κ1) is 95.0. The van der Waals surface area contributed by atoms with E-state index in [0.29, 0.717) is 0 Å². The fourth-order valence-corrected chi connectivity index (χ4v) is 18.9. The van der Waals surface area contributed by atoms with Gasteiger partial charge in [0.15, 0.2) is 0 Å². The van der Waals surface area contributed by atoms with Crippen molar-refractivity contribution in [1.29, 1.82) is 0 Å². The summed E-state index contributed by atoms with van der Waals surface area (Å²) in [7, 11) is 0. The van der Waals surface area contributed by atoms with Gasteiger partial charge in [0.2, 0.25) is 0 Å². The molecular weight excluding hydrogens is 1730 g/mol. The van der Waals surface area contributed by atoms with Crippen LogP contribution in [0.15, 0.2) is 582 Å². The lowest BCUT2D eigenvalue weighted by atomic mass is 9.89. The first-order valence-electron chi connectivity index (χ1n) is 49.8. The zero-order valence-corrected chi connectivity index (χ0v) is 82.4. The van der Waals surface area contributed by atoms with Crippen LogP contribution in [0.1, 0.15) is 33.4 Å². The lowest BCUT2D eigenvalue weighted by Gasteiger charge is -2.14. The minimum atomic E-state index is 1.23. The molecule has 0 radical (unpaired) electrons. The highest BCUT2D eigenvalue weighted by Crippen LogP contribution is 2.43. The molecule has 144 heavy (non-hydrogen) atoms. The van der Waals surface area contributed by atoms with Gasteiger partial charge in [0, 0.05) is 0 Å². The van der Waals surface area contributed by atoms with Crippen molar-refractivity contribution >= 4 is 0 Å². The molecule has 23 aromatic rings. The Morgan fingerprint density at radius 2 is 0.201 bits per heavy atom. The zero-order chi connectivity index (χ0) is 98.1. The molecule has 0 heterocycles. The van der Waals surface area contributed by atoms with Crippen molar-refractivity contribution in [1.82, 2.24) is 0 Å². The van der Waals surface area contributed by atoms with E-state index >= 15 is 0 Å². The van der Waals surface area contributed by atoms with E-state index < -0.39 is 0 Å². The van der Waals surface area contributed by atoms with Crippen LogP contribution in [0.4, 0.5) is 0 Å². The van der Waals surface area contributed by atoms with E-state index in [1.165, 1.54) is 234 Å². The van der Waals surface area contributed by atoms with Gasteiger partial charge in [0.25, 0.3) is 0 Å². The Bertz CT molecular complexity index is 8060. The van der Waals surface area contributed by atoms with Gasteiger partial charge in [0.1, 0.15) is 0 Å². The highest BCUT2D eigenvalue weighted by molar-refractivity contribution is 5.93. The fourth-order valence-electron chi connectivity index (χ4n) is 18.9. The monoisotopic (exact) mass is 1840 g/mol. The lowest BCUT2D eigenvalue weighted by Crippen LogP contribution is -1.89. The average molecular weight is 1840 g/mol. The summed E-state index contributed by atoms with van der Waals surface area (Å²) in [5.74, 6) is 0. The summed E-state index contributed by atoms with van der Waals surface area (Å²) in [6.07, 6.45) is 0. The topological polar surface area (TPSA) is 0 Å². The van der Waals surface area contributed by atoms with E-state index in [-0.39, 0.29) is 0 Å². The molecule has 0 fully saturated rings. The second-order valence-corrected chi connectivity index (χ2v) is 37.0. The van der Waals surface area contributed by atoms with Crippen LogP contribution in [-0.2, 0) is 0 Å². The summed E-state index contributed by atoms with van der Waals surface area (Å²) < 4.78 is 0. The molecule has 0 N–H and O–H groups in total. The Morgan fingerprint density at radius 1 is 0.0694 bits per heavy atom. The standard InChI is InChI=1S/4C31H24.C20H18/c1-23-16-18-26(19-17-23)30-14-8-9-15-31(30)29-21-27(24-10-4-2-5-11-24)20-28(22-29)25-12-6-3-7-13-25;1-23-15-17-25(18-16-23)29-12-7-8-14-31(29)27-21-19-26(20-22-27)30-13-6-5-11-28(30)24-9-3-2-4-10-24;1-23-14-16-26(17-15-23)30-12-5-6-13-31(30)27-20-18-25(19-21-27)29-11-7-10-28(22-29)24-8-3-2-4-9-24;1-23-11-13-28(14-12-23)30-9-5-6-10-31(30)29-21-19-27(20-22-29)26-17-15-25(16-18-26)24-7-3-2-4-8-24;1-15-8-11-18(12-9-15)19-13-10-16(2)14-20(19)17-6-4-3-5-7-17/h4*2-22H,1H3;3-14H,1-2H3. The Balaban J connectivity index is 0.000000115. The normalized spacial score (nSPS) is 10.7. The molecule has 0 saturated carbocycles. The van der Waals surface area contributed by atoms with Gasteiger partial charge in [-0.15, -0.1) is 0 Å². The van der Waals surface area contributed by atoms with Crippen molar-refractivity contribution in [3.8, 4) is 200 Å². The maximum atomic E-state index is 2.31. The largest absolute Gasteiger partial charge is 0.0622 e. The van der Waals surface area contributed by atoms with Crippen LogP contribution in [-0.4, -0.2) is 0 Å². The van der Waals surface area contributed by atoms with E-state index in [1.54, 1.807) is 0 Å². The van der Waals surface area contributed by atoms with Gasteiger partial charge in [-0.2, -0.15) is 0 Å². The molecule has 0 aromatic heterocycles. The molecule has 0 atom stereocenters. The fraction of sp³-hybridized carbons (Fsp3) is 0.0417. The van der Waals surface area contributed by atoms with Crippen LogP contribution in [0.25, 0.3) is 200 Å². The highest BCUT2D eigenvalue weighted by atomic mass is 14.2. The second kappa shape index (κ2) is 46.2. The third kappa shape index (κ3) is 23.6. The Kier molecular flexibility index (Phi) is 30.5. The number of hydrogen-bond donors (Lipinski definition) is 0. The van der Waals surface area contributed by atoms with Gasteiger partial charge in [-0.05, 0) is 266 Å². The van der Waals surface area contributed by atoms with E-state index in [1.807, 2.05) is 0 Å². The summed E-state index contributed by atoms with van der Waals surface area (Å²) in [6, 6.07) is 209. The molecule has 0 aliphatic rings. The molecule has 0 spiro atoms. The zero-order valence-electron chi connectivity index (χ0n) is 82.4. The molecule has 0 amide bonds. The molecule has 0 unspecified atom stereocenters. The van der Waals surface area contributed by atoms with Crippen molar-refractivity contribution in [2.45, 2.75) is 41.5 Å². The van der Waals surface area contributed by atoms with Gasteiger partial charge >= 0.3 is 0 Å². The van der Waals surface area contributed by atoms with E-state index in [9.17, 15) is 0 Å². The third-order valence-electron chi connectivity index (χ3n) is 26.8. The molecule has 0 bridgehead atoms. The number of benzene rings is 23. The predicted molar refractivity (Wildman–Crippen MR) is 618 cm³/mol. The van der Waals surface area contributed by atoms with E-state index in [2.05, 4.69) is 624 Å². The Labute approximate surface area is 851 Å². The Morgan fingerprint density at radius 3 is 0.444 bits per heavy atom. The first-order chi connectivity index (χ1) is 70.9. The van der Waals surface area contributed by atoms with Crippen molar-refractivity contribution in [3.05, 3.63) is 616 Å². The second-order valence-electron chi connectivity index (χ2n) is 37.0. The molecule has 0 aliphatic heterocycles. The molecule has 0 aliphatic carbocycles. The van der Waals surface area contributed by atoms with Crippen molar-refractivity contribution in [2.75, 3.05) is 0 Å². The summed E-state index contributed by atoms with van der Waals surface area (Å²) >= 11 is 0. The number of aryl methyl sites for hydroxylation is 6. The van der Waals surface area contributed by atoms with Crippen molar-refractivity contribution < 1.29 is 0 Å². The lowest BCUT2D eigenvalue weighted by molar-refractivity contribution is 1.44. The number of rotatable bonds is 18. The molecule has 0 saturated heterocycles. The van der Waals surface area contributed by atoms with Crippen molar-refractivity contribution in [2.24, 2.45) is 0 Å². The maximum absolute atomic E-state index is 2.31. The highest BCUT2D eigenvalue weighted by Gasteiger charge is 2.18. The minimum Gasteiger partial charge on any atom is -0.0622 e. The molecule has 690 valence electrons. The SMILES string of the molecule is Cc1ccc(-c2ccc(C)cc2-c2ccccc2)cc1.Cc1ccc(-c2ccccc2-c2cc(-c3ccccc3)cc(-c3ccccc3)c2)cc1.Cc1ccc(-c2ccccc2-c2ccc(-c3ccc(-c4ccccc4)cc3)cc2)cc1.Cc1ccc(-c2ccccc2-c2ccc(-c3cccc(-c4ccccc4)c3)cc2)cc1.Cc1ccc(-c2ccccc2-c2ccc(-c3ccccc3-c3ccccc3)cc2)cc1. The van der Waals surface area contributed by atoms with Gasteiger partial charge in [0.05, 0.1) is 0 Å². The summed E-state index contributed by atoms with van der Waals surface area (Å²) in [6.45, 7) is 12.8.